The van der Waals surface area contributed by atoms with Crippen molar-refractivity contribution in [1.29, 1.82) is 0 Å². The molecule has 0 saturated carbocycles. The number of imidazole rings is 1. The fraction of sp³-hybridized carbons (Fsp3) is 0.500. The fourth-order valence-corrected chi connectivity index (χ4v) is 5.30. The number of rotatable bonds is 12. The molecule has 0 spiro atoms. The van der Waals surface area contributed by atoms with Gasteiger partial charge in [0.25, 0.3) is 11.5 Å². The molecule has 4 rings (SSSR count). The minimum absolute atomic E-state index is 0.0611. The number of hydrogen-bond acceptors (Lipinski definition) is 5. The number of fused-ring (bicyclic) bond motifs is 4. The summed E-state index contributed by atoms with van der Waals surface area (Å²) in [6.07, 6.45) is 7.29. The molecule has 0 aliphatic heterocycles. The van der Waals surface area contributed by atoms with Crippen LogP contribution in [0.5, 0.6) is 0 Å². The van der Waals surface area contributed by atoms with Crippen LogP contribution in [0.25, 0.3) is 27.0 Å². The summed E-state index contributed by atoms with van der Waals surface area (Å²) >= 11 is 1.41. The Bertz CT molecular complexity index is 1330. The van der Waals surface area contributed by atoms with Crippen LogP contribution in [0.15, 0.2) is 34.4 Å². The second-order valence-corrected chi connectivity index (χ2v) is 9.81. The molecule has 0 fully saturated rings. The summed E-state index contributed by atoms with van der Waals surface area (Å²) in [6.45, 7) is 7.09. The third kappa shape index (κ3) is 4.74. The third-order valence-electron chi connectivity index (χ3n) is 6.39. The maximum absolute atomic E-state index is 13.5. The average molecular weight is 482 g/mol. The van der Waals surface area contributed by atoms with Crippen LogP contribution < -0.4 is 11.3 Å². The van der Waals surface area contributed by atoms with Crippen molar-refractivity contribution in [3.63, 3.8) is 0 Å². The Hall–Kier alpha value is -2.71. The van der Waals surface area contributed by atoms with Crippen LogP contribution in [0.1, 0.15) is 69.2 Å². The quantitative estimate of drug-likeness (QED) is 0.287. The summed E-state index contributed by atoms with van der Waals surface area (Å²) in [5, 5.41) is 1.90. The molecule has 1 aromatic carbocycles. The zero-order valence-corrected chi connectivity index (χ0v) is 21.1. The highest BCUT2D eigenvalue weighted by Crippen LogP contribution is 2.24. The van der Waals surface area contributed by atoms with Crippen LogP contribution >= 0.6 is 11.3 Å². The molecule has 0 aliphatic rings. The van der Waals surface area contributed by atoms with Gasteiger partial charge in [-0.05, 0) is 55.5 Å². The van der Waals surface area contributed by atoms with Crippen LogP contribution in [-0.4, -0.2) is 44.4 Å². The van der Waals surface area contributed by atoms with Crippen LogP contribution in [0.2, 0.25) is 0 Å². The fourth-order valence-electron chi connectivity index (χ4n) is 4.54. The van der Waals surface area contributed by atoms with E-state index in [1.807, 2.05) is 39.1 Å². The van der Waals surface area contributed by atoms with Gasteiger partial charge >= 0.3 is 0 Å². The maximum atomic E-state index is 13.5. The Kier molecular flexibility index (Phi) is 8.00. The Morgan fingerprint density at radius 1 is 1.03 bits per heavy atom. The smallest absolute Gasteiger partial charge is 0.277 e. The van der Waals surface area contributed by atoms with Crippen molar-refractivity contribution in [3.8, 4) is 0 Å². The number of carbonyl (C=O) groups excluding carboxylic acids is 1. The molecule has 0 atom stereocenters. The Labute approximate surface area is 204 Å². The van der Waals surface area contributed by atoms with E-state index < -0.39 is 0 Å². The molecule has 4 aromatic rings. The normalized spacial score (nSPS) is 11.7. The molecule has 0 aliphatic carbocycles. The van der Waals surface area contributed by atoms with E-state index in [2.05, 4.69) is 13.8 Å². The summed E-state index contributed by atoms with van der Waals surface area (Å²) in [5.74, 6) is 0.665. The molecule has 1 amide bonds. The zero-order valence-electron chi connectivity index (χ0n) is 20.3. The lowest BCUT2D eigenvalue weighted by Gasteiger charge is -2.23. The molecule has 2 N–H and O–H groups in total. The number of unbranched alkanes of at least 4 members (excludes halogenated alkanes) is 4. The van der Waals surface area contributed by atoms with Gasteiger partial charge in [0.15, 0.2) is 0 Å². The second kappa shape index (κ2) is 11.1. The molecule has 3 aromatic heterocycles. The van der Waals surface area contributed by atoms with Gasteiger partial charge in [0.2, 0.25) is 5.78 Å². The minimum atomic E-state index is -0.0636. The summed E-state index contributed by atoms with van der Waals surface area (Å²) in [4.78, 5) is 33.6. The molecule has 0 unspecified atom stereocenters. The summed E-state index contributed by atoms with van der Waals surface area (Å²) in [5.41, 5.74) is 8.74. The molecule has 3 heterocycles. The minimum Gasteiger partial charge on any atom is -0.339 e. The van der Waals surface area contributed by atoms with E-state index in [9.17, 15) is 9.59 Å². The van der Waals surface area contributed by atoms with E-state index in [1.54, 1.807) is 4.40 Å². The number of aryl methyl sites for hydroxylation is 1. The number of aromatic nitrogens is 3. The van der Waals surface area contributed by atoms with Gasteiger partial charge in [0.1, 0.15) is 4.70 Å². The van der Waals surface area contributed by atoms with E-state index in [0.717, 1.165) is 69.1 Å². The van der Waals surface area contributed by atoms with Crippen molar-refractivity contribution in [2.45, 2.75) is 65.3 Å². The molecule has 0 radical (unpaired) electrons. The van der Waals surface area contributed by atoms with E-state index in [4.69, 9.17) is 10.7 Å². The van der Waals surface area contributed by atoms with Gasteiger partial charge in [-0.2, -0.15) is 0 Å². The highest BCUT2D eigenvalue weighted by molar-refractivity contribution is 7.17. The lowest BCUT2D eigenvalue weighted by Crippen LogP contribution is -2.33. The number of carbonyl (C=O) groups is 1. The number of amides is 1. The van der Waals surface area contributed by atoms with Crippen LogP contribution in [0.4, 0.5) is 0 Å². The Morgan fingerprint density at radius 3 is 2.44 bits per heavy atom. The van der Waals surface area contributed by atoms with Crippen LogP contribution in [-0.2, 0) is 6.54 Å². The first-order chi connectivity index (χ1) is 16.6. The summed E-state index contributed by atoms with van der Waals surface area (Å²) in [6, 6.07) is 7.57. The van der Waals surface area contributed by atoms with Gasteiger partial charge in [0.05, 0.1) is 16.6 Å². The number of nitrogens with two attached hydrogens (primary N) is 1. The van der Waals surface area contributed by atoms with Crippen molar-refractivity contribution in [2.75, 3.05) is 19.6 Å². The Morgan fingerprint density at radius 2 is 1.76 bits per heavy atom. The van der Waals surface area contributed by atoms with E-state index >= 15 is 0 Å². The highest BCUT2D eigenvalue weighted by Gasteiger charge is 2.20. The molecule has 0 bridgehead atoms. The van der Waals surface area contributed by atoms with Gasteiger partial charge in [-0.15, -0.1) is 11.3 Å². The predicted molar refractivity (Wildman–Crippen MR) is 141 cm³/mol. The average Bonchev–Trinajstić information content (AvgIpc) is 3.44. The van der Waals surface area contributed by atoms with Crippen molar-refractivity contribution in [3.05, 3.63) is 45.6 Å². The lowest BCUT2D eigenvalue weighted by atomic mass is 10.1. The number of hydrogen-bond donors (Lipinski definition) is 1. The first-order valence-electron chi connectivity index (χ1n) is 12.5. The molecule has 0 saturated heterocycles. The first kappa shape index (κ1) is 24.4. The highest BCUT2D eigenvalue weighted by atomic mass is 32.1. The number of thiophene rings is 1. The van der Waals surface area contributed by atoms with E-state index in [1.165, 1.54) is 11.3 Å². The molecular weight excluding hydrogens is 446 g/mol. The number of nitrogens with zero attached hydrogens (tertiary/aromatic N) is 4. The van der Waals surface area contributed by atoms with Crippen LogP contribution in [0.3, 0.4) is 0 Å². The zero-order chi connectivity index (χ0) is 24.1. The monoisotopic (exact) mass is 481 g/mol. The van der Waals surface area contributed by atoms with Gasteiger partial charge in [0, 0.05) is 25.2 Å². The maximum Gasteiger partial charge on any atom is 0.277 e. The summed E-state index contributed by atoms with van der Waals surface area (Å²) in [7, 11) is 0. The van der Waals surface area contributed by atoms with E-state index in [0.29, 0.717) is 34.6 Å². The van der Waals surface area contributed by atoms with Gasteiger partial charge in [-0.1, -0.05) is 39.5 Å². The molecule has 7 nitrogen and oxygen atoms in total. The SMILES string of the molecule is CCCCCN(CCCCC)C(=O)c1ccc2c(c1)n(CCCN)c1nc3ccsc3c(=O)n21. The van der Waals surface area contributed by atoms with Crippen molar-refractivity contribution >= 4 is 44.3 Å². The van der Waals surface area contributed by atoms with Gasteiger partial charge in [-0.3, -0.25) is 9.59 Å². The third-order valence-corrected chi connectivity index (χ3v) is 7.29. The predicted octanol–water partition coefficient (Wildman–Crippen LogP) is 5.04. The van der Waals surface area contributed by atoms with E-state index in [-0.39, 0.29) is 11.5 Å². The van der Waals surface area contributed by atoms with Gasteiger partial charge < -0.3 is 15.2 Å². The lowest BCUT2D eigenvalue weighted by molar-refractivity contribution is 0.0749. The molecule has 34 heavy (non-hydrogen) atoms. The molecular formula is C26H35N5O2S. The Balaban J connectivity index is 1.79. The molecule has 182 valence electrons. The summed E-state index contributed by atoms with van der Waals surface area (Å²) < 4.78 is 4.36. The number of benzene rings is 1. The van der Waals surface area contributed by atoms with Gasteiger partial charge in [-0.25, -0.2) is 9.38 Å². The largest absolute Gasteiger partial charge is 0.339 e. The topological polar surface area (TPSA) is 85.6 Å². The second-order valence-electron chi connectivity index (χ2n) is 8.89. The standard InChI is InChI=1S/C26H35N5O2S/c1-3-5-7-14-29(15-8-6-4-2)24(32)19-10-11-21-22(18-19)30(16-9-13-27)26-28-20-12-17-34-23(20)25(33)31(21)26/h10-12,17-18H,3-9,13-16,27H2,1-2H3. The van der Waals surface area contributed by atoms with Crippen molar-refractivity contribution in [1.82, 2.24) is 18.9 Å². The van der Waals surface area contributed by atoms with Crippen molar-refractivity contribution < 1.29 is 4.79 Å². The molecule has 8 heteroatoms. The van der Waals surface area contributed by atoms with Crippen molar-refractivity contribution in [2.24, 2.45) is 5.73 Å². The van der Waals surface area contributed by atoms with Crippen LogP contribution in [0, 0.1) is 0 Å². The first-order valence-corrected chi connectivity index (χ1v) is 13.4.